The molecule has 1 atom stereocenters. The van der Waals surface area contributed by atoms with E-state index < -0.39 is 11.9 Å². The number of carbonyl (C=O) groups excluding carboxylic acids is 2. The SMILES string of the molecule is COc1ccc(OC)c([C@@H]2CC(c3ccccc3F)=NN2C(=O)CN(CCN2CCOCC2)C(=O)C(C)C)c1. The molecule has 2 aliphatic rings. The molecule has 10 heteroatoms. The molecule has 0 N–H and O–H groups in total. The third-order valence-corrected chi connectivity index (χ3v) is 7.07. The Morgan fingerprint density at radius 1 is 1.13 bits per heavy atom. The van der Waals surface area contributed by atoms with E-state index in [1.807, 2.05) is 13.8 Å². The van der Waals surface area contributed by atoms with Crippen molar-refractivity contribution in [2.24, 2.45) is 11.0 Å². The van der Waals surface area contributed by atoms with Crippen LogP contribution in [-0.4, -0.2) is 92.5 Å². The summed E-state index contributed by atoms with van der Waals surface area (Å²) in [6.45, 7) is 7.45. The van der Waals surface area contributed by atoms with Crippen molar-refractivity contribution < 1.29 is 28.2 Å². The fourth-order valence-corrected chi connectivity index (χ4v) is 4.90. The minimum Gasteiger partial charge on any atom is -0.497 e. The van der Waals surface area contributed by atoms with Crippen LogP contribution in [0.3, 0.4) is 0 Å². The smallest absolute Gasteiger partial charge is 0.262 e. The molecule has 2 heterocycles. The number of carbonyl (C=O) groups is 2. The molecule has 0 saturated carbocycles. The summed E-state index contributed by atoms with van der Waals surface area (Å²) in [7, 11) is 3.12. The second kappa shape index (κ2) is 13.0. The first-order valence-electron chi connectivity index (χ1n) is 13.3. The van der Waals surface area contributed by atoms with Crippen LogP contribution in [0.25, 0.3) is 0 Å². The van der Waals surface area contributed by atoms with Gasteiger partial charge in [-0.2, -0.15) is 5.10 Å². The molecule has 9 nitrogen and oxygen atoms in total. The van der Waals surface area contributed by atoms with Crippen molar-refractivity contribution in [3.8, 4) is 11.5 Å². The van der Waals surface area contributed by atoms with Gasteiger partial charge in [0.2, 0.25) is 5.91 Å². The van der Waals surface area contributed by atoms with Crippen LogP contribution in [0.4, 0.5) is 4.39 Å². The standard InChI is InChI=1S/C29H37FN4O5/c1-20(2)29(36)33(12-11-32-13-15-39-16-14-32)19-28(35)34-26(23-17-21(37-3)9-10-27(23)38-4)18-25(31-34)22-7-5-6-8-24(22)30/h5-10,17,20,26H,11-16,18-19H2,1-4H3/t26-/m0/s1. The number of hydrogen-bond donors (Lipinski definition) is 0. The van der Waals surface area contributed by atoms with E-state index in [1.165, 1.54) is 11.1 Å². The number of halogens is 1. The third kappa shape index (κ3) is 6.75. The predicted octanol–water partition coefficient (Wildman–Crippen LogP) is 3.34. The number of rotatable bonds is 10. The number of hydrazone groups is 1. The topological polar surface area (TPSA) is 83.9 Å². The van der Waals surface area contributed by atoms with E-state index in [0.29, 0.717) is 54.6 Å². The summed E-state index contributed by atoms with van der Waals surface area (Å²) in [6, 6.07) is 11.2. The second-order valence-electron chi connectivity index (χ2n) is 9.96. The fraction of sp³-hybridized carbons (Fsp3) is 0.483. The Balaban J connectivity index is 1.64. The summed E-state index contributed by atoms with van der Waals surface area (Å²) in [5.41, 5.74) is 1.48. The number of methoxy groups -OCH3 is 2. The van der Waals surface area contributed by atoms with Crippen LogP contribution in [0.2, 0.25) is 0 Å². The molecule has 0 unspecified atom stereocenters. The van der Waals surface area contributed by atoms with Crippen LogP contribution >= 0.6 is 0 Å². The fourth-order valence-electron chi connectivity index (χ4n) is 4.90. The molecule has 0 aliphatic carbocycles. The number of amides is 2. The summed E-state index contributed by atoms with van der Waals surface area (Å²) >= 11 is 0. The molecule has 2 aromatic rings. The van der Waals surface area contributed by atoms with Gasteiger partial charge in [0, 0.05) is 49.6 Å². The van der Waals surface area contributed by atoms with Crippen LogP contribution < -0.4 is 9.47 Å². The Morgan fingerprint density at radius 3 is 2.54 bits per heavy atom. The summed E-state index contributed by atoms with van der Waals surface area (Å²) in [4.78, 5) is 30.8. The maximum Gasteiger partial charge on any atom is 0.262 e. The second-order valence-corrected chi connectivity index (χ2v) is 9.96. The van der Waals surface area contributed by atoms with Gasteiger partial charge < -0.3 is 19.1 Å². The van der Waals surface area contributed by atoms with E-state index in [1.54, 1.807) is 55.5 Å². The zero-order chi connectivity index (χ0) is 27.9. The van der Waals surface area contributed by atoms with Gasteiger partial charge in [0.15, 0.2) is 0 Å². The van der Waals surface area contributed by atoms with E-state index >= 15 is 0 Å². The van der Waals surface area contributed by atoms with E-state index in [4.69, 9.17) is 14.2 Å². The first-order valence-corrected chi connectivity index (χ1v) is 13.3. The molecule has 0 spiro atoms. The van der Waals surface area contributed by atoms with Gasteiger partial charge in [-0.25, -0.2) is 9.40 Å². The highest BCUT2D eigenvalue weighted by Gasteiger charge is 2.37. The molecular weight excluding hydrogens is 503 g/mol. The van der Waals surface area contributed by atoms with Crippen LogP contribution in [0.5, 0.6) is 11.5 Å². The highest BCUT2D eigenvalue weighted by molar-refractivity contribution is 6.03. The van der Waals surface area contributed by atoms with Gasteiger partial charge in [-0.3, -0.25) is 14.5 Å². The first kappa shape index (κ1) is 28.5. The monoisotopic (exact) mass is 540 g/mol. The predicted molar refractivity (Wildman–Crippen MR) is 145 cm³/mol. The van der Waals surface area contributed by atoms with E-state index in [2.05, 4.69) is 10.0 Å². The molecule has 4 rings (SSSR count). The Labute approximate surface area is 229 Å². The van der Waals surface area contributed by atoms with Crippen LogP contribution in [0.1, 0.15) is 37.4 Å². The Hall–Kier alpha value is -3.50. The average Bonchev–Trinajstić information content (AvgIpc) is 3.40. The third-order valence-electron chi connectivity index (χ3n) is 7.07. The lowest BCUT2D eigenvalue weighted by molar-refractivity contribution is -0.143. The highest BCUT2D eigenvalue weighted by atomic mass is 19.1. The number of ether oxygens (including phenoxy) is 3. The maximum absolute atomic E-state index is 14.7. The van der Waals surface area contributed by atoms with Gasteiger partial charge in [0.05, 0.1) is 39.2 Å². The molecule has 2 amide bonds. The number of hydrogen-bond acceptors (Lipinski definition) is 7. The van der Waals surface area contributed by atoms with Crippen LogP contribution in [0, 0.1) is 11.7 Å². The molecule has 2 aliphatic heterocycles. The molecular formula is C29H37FN4O5. The lowest BCUT2D eigenvalue weighted by Gasteiger charge is -2.32. The molecule has 0 bridgehead atoms. The summed E-state index contributed by atoms with van der Waals surface area (Å²) in [5, 5.41) is 5.98. The number of benzene rings is 2. The molecule has 39 heavy (non-hydrogen) atoms. The van der Waals surface area contributed by atoms with Crippen LogP contribution in [0.15, 0.2) is 47.6 Å². The van der Waals surface area contributed by atoms with Gasteiger partial charge in [-0.05, 0) is 24.3 Å². The van der Waals surface area contributed by atoms with Gasteiger partial charge in [-0.1, -0.05) is 32.0 Å². The molecule has 210 valence electrons. The van der Waals surface area contributed by atoms with E-state index in [-0.39, 0.29) is 30.7 Å². The molecule has 0 radical (unpaired) electrons. The zero-order valence-corrected chi connectivity index (χ0v) is 23.1. The number of morpholine rings is 1. The minimum atomic E-state index is -0.563. The van der Waals surface area contributed by atoms with Crippen molar-refractivity contribution in [1.29, 1.82) is 0 Å². The summed E-state index contributed by atoms with van der Waals surface area (Å²) < 4.78 is 31.2. The van der Waals surface area contributed by atoms with Gasteiger partial charge in [0.25, 0.3) is 5.91 Å². The van der Waals surface area contributed by atoms with Gasteiger partial charge in [0.1, 0.15) is 23.9 Å². The zero-order valence-electron chi connectivity index (χ0n) is 23.1. The molecule has 1 saturated heterocycles. The van der Waals surface area contributed by atoms with Crippen molar-refractivity contribution in [2.75, 3.05) is 60.2 Å². The maximum atomic E-state index is 14.7. The lowest BCUT2D eigenvalue weighted by Crippen LogP contribution is -2.47. The Kier molecular flexibility index (Phi) is 9.53. The van der Waals surface area contributed by atoms with E-state index in [9.17, 15) is 14.0 Å². The molecule has 1 fully saturated rings. The van der Waals surface area contributed by atoms with Crippen molar-refractivity contribution in [2.45, 2.75) is 26.3 Å². The van der Waals surface area contributed by atoms with Crippen LogP contribution in [-0.2, 0) is 14.3 Å². The minimum absolute atomic E-state index is 0.107. The Morgan fingerprint density at radius 2 is 1.87 bits per heavy atom. The van der Waals surface area contributed by atoms with Gasteiger partial charge >= 0.3 is 0 Å². The normalized spacial score (nSPS) is 17.7. The Bertz CT molecular complexity index is 1200. The van der Waals surface area contributed by atoms with Gasteiger partial charge in [-0.15, -0.1) is 0 Å². The molecule has 0 aromatic heterocycles. The van der Waals surface area contributed by atoms with Crippen molar-refractivity contribution in [3.05, 3.63) is 59.4 Å². The van der Waals surface area contributed by atoms with Crippen molar-refractivity contribution in [3.63, 3.8) is 0 Å². The van der Waals surface area contributed by atoms with E-state index in [0.717, 1.165) is 13.1 Å². The number of nitrogens with zero attached hydrogens (tertiary/aromatic N) is 4. The largest absolute Gasteiger partial charge is 0.497 e. The van der Waals surface area contributed by atoms with Crippen molar-refractivity contribution in [1.82, 2.24) is 14.8 Å². The first-order chi connectivity index (χ1) is 18.8. The average molecular weight is 541 g/mol. The quantitative estimate of drug-likeness (QED) is 0.460. The molecule has 2 aromatic carbocycles. The van der Waals surface area contributed by atoms with Crippen molar-refractivity contribution >= 4 is 17.5 Å². The summed E-state index contributed by atoms with van der Waals surface area (Å²) in [5.74, 6) is 0.0133. The lowest BCUT2D eigenvalue weighted by atomic mass is 9.97. The summed E-state index contributed by atoms with van der Waals surface area (Å²) in [6.07, 6.45) is 0.280. The highest BCUT2D eigenvalue weighted by Crippen LogP contribution is 2.39.